The summed E-state index contributed by atoms with van der Waals surface area (Å²) in [6.45, 7) is 4.85. The second kappa shape index (κ2) is 8.17. The minimum Gasteiger partial charge on any atom is -0.497 e. The summed E-state index contributed by atoms with van der Waals surface area (Å²) in [4.78, 5) is 33.6. The maximum Gasteiger partial charge on any atom is 0.313 e. The Kier molecular flexibility index (Phi) is 5.62. The monoisotopic (exact) mass is 431 g/mol. The molecule has 0 bridgehead atoms. The van der Waals surface area contributed by atoms with Gasteiger partial charge in [-0.15, -0.1) is 11.3 Å². The van der Waals surface area contributed by atoms with E-state index in [1.807, 2.05) is 0 Å². The van der Waals surface area contributed by atoms with Gasteiger partial charge in [-0.25, -0.2) is 4.98 Å². The summed E-state index contributed by atoms with van der Waals surface area (Å²) >= 11 is 2.60. The number of likely N-dealkylation sites (N-methyl/N-ethyl adjacent to an activating group) is 1. The fourth-order valence-electron chi connectivity index (χ4n) is 3.53. The summed E-state index contributed by atoms with van der Waals surface area (Å²) in [6, 6.07) is 7.13. The van der Waals surface area contributed by atoms with Crippen molar-refractivity contribution in [3.63, 3.8) is 0 Å². The van der Waals surface area contributed by atoms with E-state index in [1.165, 1.54) is 9.44 Å². The smallest absolute Gasteiger partial charge is 0.313 e. The fourth-order valence-corrected chi connectivity index (χ4v) is 5.56. The maximum absolute atomic E-state index is 13.6. The summed E-state index contributed by atoms with van der Waals surface area (Å²) in [5, 5.41) is 10.2. The van der Waals surface area contributed by atoms with Gasteiger partial charge in [-0.1, -0.05) is 18.7 Å². The van der Waals surface area contributed by atoms with Crippen LogP contribution in [0.1, 0.15) is 17.4 Å². The van der Waals surface area contributed by atoms with Crippen LogP contribution in [0.5, 0.6) is 5.75 Å². The fraction of sp³-hybridized carbons (Fsp3) is 0.350. The van der Waals surface area contributed by atoms with Crippen LogP contribution in [0.15, 0.2) is 34.2 Å². The molecule has 1 aliphatic heterocycles. The van der Waals surface area contributed by atoms with Gasteiger partial charge in [0.1, 0.15) is 10.6 Å². The Hall–Kier alpha value is -2.36. The highest BCUT2D eigenvalue weighted by atomic mass is 32.2. The van der Waals surface area contributed by atoms with Crippen LogP contribution in [-0.2, 0) is 17.8 Å². The first-order valence-corrected chi connectivity index (χ1v) is 11.1. The second-order valence-corrected chi connectivity index (χ2v) is 8.74. The van der Waals surface area contributed by atoms with E-state index in [9.17, 15) is 9.59 Å². The van der Waals surface area contributed by atoms with E-state index >= 15 is 0 Å². The molecule has 3 aromatic rings. The van der Waals surface area contributed by atoms with E-state index in [0.717, 1.165) is 43.4 Å². The SMILES string of the molecule is CCN1CCc2c(sc3nc(SCC(=O)O)n(-c4ccc(OC)cc4)c(=O)c23)C1. The molecule has 0 saturated heterocycles. The first-order chi connectivity index (χ1) is 14.0. The van der Waals surface area contributed by atoms with Gasteiger partial charge in [0.05, 0.1) is 23.9 Å². The number of thioether (sulfide) groups is 1. The number of carboxylic acids is 1. The number of carbonyl (C=O) groups is 1. The van der Waals surface area contributed by atoms with E-state index in [1.54, 1.807) is 42.7 Å². The van der Waals surface area contributed by atoms with Crippen molar-refractivity contribution in [3.05, 3.63) is 45.1 Å². The molecular formula is C20H21N3O4S2. The van der Waals surface area contributed by atoms with E-state index in [2.05, 4.69) is 11.8 Å². The number of methoxy groups -OCH3 is 1. The first kappa shape index (κ1) is 19.9. The minimum atomic E-state index is -0.949. The summed E-state index contributed by atoms with van der Waals surface area (Å²) in [5.74, 6) is -0.430. The van der Waals surface area contributed by atoms with Gasteiger partial charge < -0.3 is 9.84 Å². The van der Waals surface area contributed by atoms with E-state index < -0.39 is 5.97 Å². The van der Waals surface area contributed by atoms with Crippen LogP contribution < -0.4 is 10.3 Å². The number of ether oxygens (including phenoxy) is 1. The number of rotatable bonds is 6. The Morgan fingerprint density at radius 2 is 2.10 bits per heavy atom. The van der Waals surface area contributed by atoms with Crippen LogP contribution in [0.4, 0.5) is 0 Å². The van der Waals surface area contributed by atoms with Crippen LogP contribution in [0, 0.1) is 0 Å². The molecule has 3 heterocycles. The van der Waals surface area contributed by atoms with Crippen LogP contribution in [0.25, 0.3) is 15.9 Å². The molecule has 9 heteroatoms. The topological polar surface area (TPSA) is 84.7 Å². The largest absolute Gasteiger partial charge is 0.497 e. The molecule has 1 aromatic carbocycles. The Morgan fingerprint density at radius 3 is 2.76 bits per heavy atom. The zero-order chi connectivity index (χ0) is 20.5. The van der Waals surface area contributed by atoms with Gasteiger partial charge in [-0.3, -0.25) is 19.1 Å². The molecule has 1 N–H and O–H groups in total. The lowest BCUT2D eigenvalue weighted by atomic mass is 10.1. The molecule has 29 heavy (non-hydrogen) atoms. The molecule has 1 aliphatic rings. The molecule has 0 radical (unpaired) electrons. The van der Waals surface area contributed by atoms with Crippen molar-refractivity contribution in [2.75, 3.05) is 26.0 Å². The number of aliphatic carboxylic acids is 1. The lowest BCUT2D eigenvalue weighted by Gasteiger charge is -2.25. The van der Waals surface area contributed by atoms with Crippen LogP contribution in [0.2, 0.25) is 0 Å². The van der Waals surface area contributed by atoms with E-state index in [0.29, 0.717) is 26.8 Å². The first-order valence-electron chi connectivity index (χ1n) is 9.30. The van der Waals surface area contributed by atoms with E-state index in [-0.39, 0.29) is 11.3 Å². The molecular weight excluding hydrogens is 410 g/mol. The molecule has 0 spiro atoms. The number of benzene rings is 1. The van der Waals surface area contributed by atoms with Gasteiger partial charge in [0.2, 0.25) is 0 Å². The highest BCUT2D eigenvalue weighted by Crippen LogP contribution is 2.34. The van der Waals surface area contributed by atoms with Gasteiger partial charge in [-0.2, -0.15) is 0 Å². The van der Waals surface area contributed by atoms with Crippen molar-refractivity contribution in [2.24, 2.45) is 0 Å². The average Bonchev–Trinajstić information content (AvgIpc) is 3.10. The van der Waals surface area contributed by atoms with Gasteiger partial charge in [0, 0.05) is 18.0 Å². The summed E-state index contributed by atoms with van der Waals surface area (Å²) in [5.41, 5.74) is 1.59. The van der Waals surface area contributed by atoms with Gasteiger partial charge in [0.25, 0.3) is 5.56 Å². The lowest BCUT2D eigenvalue weighted by molar-refractivity contribution is -0.133. The number of hydrogen-bond donors (Lipinski definition) is 1. The highest BCUT2D eigenvalue weighted by Gasteiger charge is 2.25. The Morgan fingerprint density at radius 1 is 1.34 bits per heavy atom. The van der Waals surface area contributed by atoms with E-state index in [4.69, 9.17) is 14.8 Å². The average molecular weight is 432 g/mol. The Bertz CT molecular complexity index is 1120. The Balaban J connectivity index is 1.90. The van der Waals surface area contributed by atoms with Gasteiger partial charge >= 0.3 is 5.97 Å². The molecule has 7 nitrogen and oxygen atoms in total. The zero-order valence-electron chi connectivity index (χ0n) is 16.2. The van der Waals surface area contributed by atoms with Crippen molar-refractivity contribution < 1.29 is 14.6 Å². The van der Waals surface area contributed by atoms with Gasteiger partial charge in [-0.05, 0) is 42.8 Å². The molecule has 0 aliphatic carbocycles. The number of nitrogens with zero attached hydrogens (tertiary/aromatic N) is 3. The Labute approximate surface area is 175 Å². The number of aromatic nitrogens is 2. The standard InChI is InChI=1S/C20H21N3O4S2/c1-3-22-9-8-14-15(10-22)29-18-17(14)19(26)23(20(21-18)28-11-16(24)25)12-4-6-13(27-2)7-5-12/h4-7H,3,8-11H2,1-2H3,(H,24,25). The van der Waals surface area contributed by atoms with Crippen LogP contribution in [0.3, 0.4) is 0 Å². The maximum atomic E-state index is 13.6. The number of carboxylic acid groups (broad SMARTS) is 1. The molecule has 0 unspecified atom stereocenters. The van der Waals surface area contributed by atoms with Crippen molar-refractivity contribution in [1.82, 2.24) is 14.5 Å². The summed E-state index contributed by atoms with van der Waals surface area (Å²) < 4.78 is 6.73. The zero-order valence-corrected chi connectivity index (χ0v) is 17.8. The molecule has 0 fully saturated rings. The quantitative estimate of drug-likeness (QED) is 0.474. The highest BCUT2D eigenvalue weighted by molar-refractivity contribution is 7.99. The normalized spacial score (nSPS) is 14.1. The number of hydrogen-bond acceptors (Lipinski definition) is 7. The third kappa shape index (κ3) is 3.77. The third-order valence-electron chi connectivity index (χ3n) is 5.03. The number of thiophene rings is 1. The third-order valence-corrected chi connectivity index (χ3v) is 7.06. The molecule has 0 saturated carbocycles. The minimum absolute atomic E-state index is 0.143. The van der Waals surface area contributed by atoms with Crippen molar-refractivity contribution in [2.45, 2.75) is 25.0 Å². The van der Waals surface area contributed by atoms with Crippen LogP contribution in [-0.4, -0.2) is 51.5 Å². The van der Waals surface area contributed by atoms with Crippen molar-refractivity contribution in [3.8, 4) is 11.4 Å². The predicted molar refractivity (Wildman–Crippen MR) is 115 cm³/mol. The molecule has 0 atom stereocenters. The molecule has 2 aromatic heterocycles. The van der Waals surface area contributed by atoms with Crippen molar-refractivity contribution in [1.29, 1.82) is 0 Å². The summed E-state index contributed by atoms with van der Waals surface area (Å²) in [6.07, 6.45) is 0.824. The number of fused-ring (bicyclic) bond motifs is 3. The second-order valence-electron chi connectivity index (χ2n) is 6.72. The predicted octanol–water partition coefficient (Wildman–Crippen LogP) is 3.01. The lowest BCUT2D eigenvalue weighted by Crippen LogP contribution is -2.30. The van der Waals surface area contributed by atoms with Crippen LogP contribution >= 0.6 is 23.1 Å². The molecule has 0 amide bonds. The molecule has 152 valence electrons. The van der Waals surface area contributed by atoms with Crippen molar-refractivity contribution >= 4 is 39.3 Å². The van der Waals surface area contributed by atoms with Gasteiger partial charge in [0.15, 0.2) is 5.16 Å². The summed E-state index contributed by atoms with van der Waals surface area (Å²) in [7, 11) is 1.58. The molecule has 4 rings (SSSR count).